The Balaban J connectivity index is 2.48. The van der Waals surface area contributed by atoms with Gasteiger partial charge in [0.25, 0.3) is 0 Å². The number of rotatable bonds is 2. The number of benzene rings is 1. The number of phenolic OH excluding ortho intramolecular Hbond substituents is 1. The van der Waals surface area contributed by atoms with Gasteiger partial charge in [0.1, 0.15) is 5.75 Å². The molecule has 3 N–H and O–H groups in total. The highest BCUT2D eigenvalue weighted by molar-refractivity contribution is 5.47. The van der Waals surface area contributed by atoms with E-state index < -0.39 is 0 Å². The molecule has 0 amide bonds. The van der Waals surface area contributed by atoms with Gasteiger partial charge in [-0.3, -0.25) is 0 Å². The number of phenols is 1. The predicted molar refractivity (Wildman–Crippen MR) is 62.2 cm³/mol. The minimum atomic E-state index is 0.400. The van der Waals surface area contributed by atoms with Crippen molar-refractivity contribution in [2.45, 2.75) is 38.5 Å². The van der Waals surface area contributed by atoms with Crippen LogP contribution in [0.1, 0.15) is 42.4 Å². The van der Waals surface area contributed by atoms with Gasteiger partial charge >= 0.3 is 0 Å². The summed E-state index contributed by atoms with van der Waals surface area (Å²) >= 11 is 0. The Morgan fingerprint density at radius 1 is 1.27 bits per heavy atom. The summed E-state index contributed by atoms with van der Waals surface area (Å²) in [6.45, 7) is 2.83. The first-order valence-electron chi connectivity index (χ1n) is 5.77. The molecule has 0 radical (unpaired) electrons. The van der Waals surface area contributed by atoms with Crippen LogP contribution in [0.4, 0.5) is 0 Å². The third kappa shape index (κ3) is 1.86. The monoisotopic (exact) mass is 205 g/mol. The molecule has 15 heavy (non-hydrogen) atoms. The largest absolute Gasteiger partial charge is 0.508 e. The van der Waals surface area contributed by atoms with Crippen LogP contribution in [0.3, 0.4) is 0 Å². The van der Waals surface area contributed by atoms with E-state index >= 15 is 0 Å². The summed E-state index contributed by atoms with van der Waals surface area (Å²) in [4.78, 5) is 0. The average Bonchev–Trinajstić information content (AvgIpc) is 2.29. The Kier molecular flexibility index (Phi) is 2.96. The maximum absolute atomic E-state index is 9.80. The van der Waals surface area contributed by atoms with Crippen LogP contribution in [-0.4, -0.2) is 11.7 Å². The van der Waals surface area contributed by atoms with Gasteiger partial charge in [0, 0.05) is 0 Å². The van der Waals surface area contributed by atoms with Crippen molar-refractivity contribution in [2.24, 2.45) is 5.73 Å². The smallest absolute Gasteiger partial charge is 0.119 e. The normalized spacial score (nSPS) is 17.2. The molecule has 0 heterocycles. The molecule has 1 aliphatic rings. The fraction of sp³-hybridized carbons (Fsp3) is 0.538. The molecular weight excluding hydrogens is 186 g/mol. The first-order valence-corrected chi connectivity index (χ1v) is 5.77. The van der Waals surface area contributed by atoms with Crippen LogP contribution >= 0.6 is 0 Å². The quantitative estimate of drug-likeness (QED) is 0.778. The van der Waals surface area contributed by atoms with E-state index in [1.165, 1.54) is 29.5 Å². The fourth-order valence-corrected chi connectivity index (χ4v) is 2.47. The molecule has 82 valence electrons. The van der Waals surface area contributed by atoms with Crippen LogP contribution in [0.15, 0.2) is 12.1 Å². The van der Waals surface area contributed by atoms with Crippen molar-refractivity contribution in [3.8, 4) is 5.75 Å². The Hall–Kier alpha value is -1.02. The van der Waals surface area contributed by atoms with E-state index in [-0.39, 0.29) is 0 Å². The highest BCUT2D eigenvalue weighted by Crippen LogP contribution is 2.34. The molecule has 1 aliphatic carbocycles. The topological polar surface area (TPSA) is 46.2 Å². The van der Waals surface area contributed by atoms with Crippen molar-refractivity contribution in [3.63, 3.8) is 0 Å². The first kappa shape index (κ1) is 10.5. The molecule has 1 aromatic rings. The molecule has 0 aromatic heterocycles. The van der Waals surface area contributed by atoms with Crippen LogP contribution in [0.25, 0.3) is 0 Å². The lowest BCUT2D eigenvalue weighted by Crippen LogP contribution is -2.14. The van der Waals surface area contributed by atoms with E-state index in [2.05, 4.69) is 6.92 Å². The van der Waals surface area contributed by atoms with Crippen molar-refractivity contribution in [1.82, 2.24) is 0 Å². The zero-order chi connectivity index (χ0) is 10.8. The summed E-state index contributed by atoms with van der Waals surface area (Å²) in [5.41, 5.74) is 9.58. The van der Waals surface area contributed by atoms with Gasteiger partial charge in [0.15, 0.2) is 0 Å². The first-order chi connectivity index (χ1) is 7.24. The van der Waals surface area contributed by atoms with Crippen LogP contribution in [-0.2, 0) is 12.8 Å². The van der Waals surface area contributed by atoms with Crippen LogP contribution in [0.5, 0.6) is 5.75 Å². The van der Waals surface area contributed by atoms with Crippen molar-refractivity contribution < 1.29 is 5.11 Å². The summed E-state index contributed by atoms with van der Waals surface area (Å²) < 4.78 is 0. The van der Waals surface area contributed by atoms with E-state index in [4.69, 9.17) is 5.73 Å². The Labute approximate surface area is 91.1 Å². The summed E-state index contributed by atoms with van der Waals surface area (Å²) in [5, 5.41) is 9.80. The maximum atomic E-state index is 9.80. The summed E-state index contributed by atoms with van der Waals surface area (Å²) in [6.07, 6.45) is 4.55. The summed E-state index contributed by atoms with van der Waals surface area (Å²) in [7, 11) is 0. The standard InChI is InChI=1S/C13H19NO/c1-9(8-14)10-6-7-13(15)12-5-3-2-4-11(10)12/h6-7,9,15H,2-5,8,14H2,1H3. The number of hydrogen-bond donors (Lipinski definition) is 2. The molecule has 2 nitrogen and oxygen atoms in total. The lowest BCUT2D eigenvalue weighted by atomic mass is 9.83. The molecule has 0 bridgehead atoms. The van der Waals surface area contributed by atoms with E-state index in [1.54, 1.807) is 0 Å². The molecule has 2 rings (SSSR count). The van der Waals surface area contributed by atoms with Crippen molar-refractivity contribution >= 4 is 0 Å². The van der Waals surface area contributed by atoms with Gasteiger partial charge < -0.3 is 10.8 Å². The lowest BCUT2D eigenvalue weighted by Gasteiger charge is -2.23. The second-order valence-corrected chi connectivity index (χ2v) is 4.47. The van der Waals surface area contributed by atoms with E-state index in [9.17, 15) is 5.11 Å². The van der Waals surface area contributed by atoms with Crippen LogP contribution in [0.2, 0.25) is 0 Å². The Morgan fingerprint density at radius 3 is 2.60 bits per heavy atom. The van der Waals surface area contributed by atoms with Crippen molar-refractivity contribution in [2.75, 3.05) is 6.54 Å². The van der Waals surface area contributed by atoms with E-state index in [0.717, 1.165) is 12.8 Å². The number of hydrogen-bond acceptors (Lipinski definition) is 2. The molecule has 1 unspecified atom stereocenters. The van der Waals surface area contributed by atoms with Crippen molar-refractivity contribution in [3.05, 3.63) is 28.8 Å². The molecule has 0 saturated heterocycles. The maximum Gasteiger partial charge on any atom is 0.119 e. The van der Waals surface area contributed by atoms with Gasteiger partial charge in [0.2, 0.25) is 0 Å². The molecular formula is C13H19NO. The molecule has 0 saturated carbocycles. The van der Waals surface area contributed by atoms with Gasteiger partial charge in [-0.05, 0) is 60.9 Å². The molecule has 0 fully saturated rings. The third-order valence-corrected chi connectivity index (χ3v) is 3.43. The van der Waals surface area contributed by atoms with Crippen LogP contribution < -0.4 is 5.73 Å². The predicted octanol–water partition coefficient (Wildman–Crippen LogP) is 2.33. The lowest BCUT2D eigenvalue weighted by molar-refractivity contribution is 0.460. The zero-order valence-corrected chi connectivity index (χ0v) is 9.29. The summed E-state index contributed by atoms with van der Waals surface area (Å²) in [6, 6.07) is 3.86. The van der Waals surface area contributed by atoms with Gasteiger partial charge in [-0.1, -0.05) is 13.0 Å². The molecule has 1 aromatic carbocycles. The number of aromatic hydroxyl groups is 1. The molecule has 2 heteroatoms. The minimum Gasteiger partial charge on any atom is -0.508 e. The molecule has 1 atom stereocenters. The molecule has 0 spiro atoms. The van der Waals surface area contributed by atoms with E-state index in [1.807, 2.05) is 12.1 Å². The Morgan fingerprint density at radius 2 is 1.93 bits per heavy atom. The highest BCUT2D eigenvalue weighted by Gasteiger charge is 2.18. The van der Waals surface area contributed by atoms with E-state index in [0.29, 0.717) is 18.2 Å². The van der Waals surface area contributed by atoms with Gasteiger partial charge in [-0.25, -0.2) is 0 Å². The second-order valence-electron chi connectivity index (χ2n) is 4.47. The minimum absolute atomic E-state index is 0.400. The zero-order valence-electron chi connectivity index (χ0n) is 9.29. The number of fused-ring (bicyclic) bond motifs is 1. The molecule has 0 aliphatic heterocycles. The second kappa shape index (κ2) is 4.23. The fourth-order valence-electron chi connectivity index (χ4n) is 2.47. The van der Waals surface area contributed by atoms with Gasteiger partial charge in [0.05, 0.1) is 0 Å². The summed E-state index contributed by atoms with van der Waals surface area (Å²) in [5.74, 6) is 0.870. The van der Waals surface area contributed by atoms with Gasteiger partial charge in [-0.2, -0.15) is 0 Å². The van der Waals surface area contributed by atoms with Crippen molar-refractivity contribution in [1.29, 1.82) is 0 Å². The Bertz CT molecular complexity index is 360. The highest BCUT2D eigenvalue weighted by atomic mass is 16.3. The number of nitrogens with two attached hydrogens (primary N) is 1. The third-order valence-electron chi connectivity index (χ3n) is 3.43. The van der Waals surface area contributed by atoms with Crippen LogP contribution in [0, 0.1) is 0 Å². The average molecular weight is 205 g/mol. The SMILES string of the molecule is CC(CN)c1ccc(O)c2c1CCCC2. The van der Waals surface area contributed by atoms with Gasteiger partial charge in [-0.15, -0.1) is 0 Å².